The Labute approximate surface area is 303 Å². The van der Waals surface area contributed by atoms with Crippen LogP contribution >= 0.6 is 11.3 Å². The Kier molecular flexibility index (Phi) is 6.42. The smallest absolute Gasteiger partial charge is 0.159 e. The highest BCUT2D eigenvalue weighted by Gasteiger charge is 2.21. The van der Waals surface area contributed by atoms with Gasteiger partial charge in [-0.1, -0.05) is 121 Å². The van der Waals surface area contributed by atoms with Crippen molar-refractivity contribution in [3.63, 3.8) is 0 Å². The van der Waals surface area contributed by atoms with Gasteiger partial charge in [0, 0.05) is 58.7 Å². The molecule has 0 unspecified atom stereocenters. The maximum absolute atomic E-state index is 6.63. The van der Waals surface area contributed by atoms with Crippen LogP contribution in [0.15, 0.2) is 185 Å². The van der Waals surface area contributed by atoms with Crippen molar-refractivity contribution in [3.8, 4) is 22.3 Å². The molecule has 0 aliphatic carbocycles. The van der Waals surface area contributed by atoms with Crippen LogP contribution in [-0.2, 0) is 0 Å². The summed E-state index contributed by atoms with van der Waals surface area (Å²) in [5.41, 5.74) is 11.1. The Morgan fingerprint density at radius 3 is 1.79 bits per heavy atom. The van der Waals surface area contributed by atoms with Gasteiger partial charge in [-0.25, -0.2) is 0 Å². The number of furan rings is 2. The fourth-order valence-corrected chi connectivity index (χ4v) is 9.06. The minimum atomic E-state index is 0.854. The fourth-order valence-electron chi connectivity index (χ4n) is 7.93. The number of anilines is 3. The van der Waals surface area contributed by atoms with E-state index in [1.54, 1.807) is 0 Å². The van der Waals surface area contributed by atoms with Gasteiger partial charge in [0.25, 0.3) is 0 Å². The summed E-state index contributed by atoms with van der Waals surface area (Å²) >= 11 is 1.85. The number of rotatable bonds is 5. The zero-order valence-electron chi connectivity index (χ0n) is 27.9. The van der Waals surface area contributed by atoms with Crippen molar-refractivity contribution in [2.45, 2.75) is 0 Å². The summed E-state index contributed by atoms with van der Waals surface area (Å²) in [6, 6.07) is 62.4. The summed E-state index contributed by atoms with van der Waals surface area (Å²) in [5, 5.41) is 7.06. The van der Waals surface area contributed by atoms with E-state index in [-0.39, 0.29) is 0 Å². The minimum absolute atomic E-state index is 0.854. The monoisotopic (exact) mass is 683 g/mol. The molecule has 0 N–H and O–H groups in total. The molecular formula is C48H29NO2S. The second-order valence-corrected chi connectivity index (χ2v) is 14.3. The Bertz CT molecular complexity index is 3150. The van der Waals surface area contributed by atoms with Crippen LogP contribution in [0.2, 0.25) is 0 Å². The van der Waals surface area contributed by atoms with Crippen molar-refractivity contribution in [1.29, 1.82) is 0 Å². The number of para-hydroxylation sites is 4. The van der Waals surface area contributed by atoms with E-state index in [1.165, 1.54) is 31.3 Å². The molecule has 11 rings (SSSR count). The molecule has 244 valence electrons. The Morgan fingerprint density at radius 1 is 0.385 bits per heavy atom. The third-order valence-corrected chi connectivity index (χ3v) is 11.4. The number of benzene rings is 8. The largest absolute Gasteiger partial charge is 0.455 e. The molecule has 0 saturated carbocycles. The van der Waals surface area contributed by atoms with Crippen molar-refractivity contribution in [2.75, 3.05) is 4.90 Å². The van der Waals surface area contributed by atoms with Crippen LogP contribution in [0.4, 0.5) is 17.1 Å². The van der Waals surface area contributed by atoms with E-state index in [0.717, 1.165) is 72.1 Å². The van der Waals surface area contributed by atoms with Crippen LogP contribution < -0.4 is 4.90 Å². The molecule has 0 aliphatic rings. The summed E-state index contributed by atoms with van der Waals surface area (Å²) in [6.07, 6.45) is 0. The molecule has 0 amide bonds. The lowest BCUT2D eigenvalue weighted by atomic mass is 9.98. The molecule has 8 aromatic carbocycles. The van der Waals surface area contributed by atoms with E-state index in [4.69, 9.17) is 8.83 Å². The van der Waals surface area contributed by atoms with E-state index in [2.05, 4.69) is 157 Å². The Morgan fingerprint density at radius 2 is 0.981 bits per heavy atom. The zero-order valence-corrected chi connectivity index (χ0v) is 28.7. The van der Waals surface area contributed by atoms with E-state index in [9.17, 15) is 0 Å². The molecular weight excluding hydrogens is 655 g/mol. The molecule has 0 bridgehead atoms. The zero-order chi connectivity index (χ0) is 34.2. The molecule has 52 heavy (non-hydrogen) atoms. The topological polar surface area (TPSA) is 29.5 Å². The molecule has 4 heteroatoms. The first kappa shape index (κ1) is 29.1. The number of nitrogens with zero attached hydrogens (tertiary/aromatic N) is 1. The van der Waals surface area contributed by atoms with Gasteiger partial charge in [0.05, 0.1) is 5.69 Å². The predicted octanol–water partition coefficient (Wildman–Crippen LogP) is 14.7. The van der Waals surface area contributed by atoms with Crippen molar-refractivity contribution in [2.24, 2.45) is 0 Å². The molecule has 0 radical (unpaired) electrons. The van der Waals surface area contributed by atoms with Gasteiger partial charge in [-0.15, -0.1) is 11.3 Å². The first-order chi connectivity index (χ1) is 25.8. The average Bonchev–Trinajstić information content (AvgIpc) is 3.90. The van der Waals surface area contributed by atoms with Crippen LogP contribution in [0.5, 0.6) is 0 Å². The molecule has 0 spiro atoms. The number of thiophene rings is 1. The predicted molar refractivity (Wildman–Crippen MR) is 219 cm³/mol. The van der Waals surface area contributed by atoms with E-state index >= 15 is 0 Å². The summed E-state index contributed by atoms with van der Waals surface area (Å²) in [4.78, 5) is 2.32. The molecule has 3 nitrogen and oxygen atoms in total. The van der Waals surface area contributed by atoms with Gasteiger partial charge in [0.1, 0.15) is 16.7 Å². The lowest BCUT2D eigenvalue weighted by Gasteiger charge is -2.26. The van der Waals surface area contributed by atoms with Crippen LogP contribution in [0, 0.1) is 0 Å². The van der Waals surface area contributed by atoms with Crippen LogP contribution in [0.25, 0.3) is 86.3 Å². The van der Waals surface area contributed by atoms with Crippen LogP contribution in [0.3, 0.4) is 0 Å². The van der Waals surface area contributed by atoms with Crippen molar-refractivity contribution < 1.29 is 8.83 Å². The lowest BCUT2D eigenvalue weighted by molar-refractivity contribution is 0.669. The van der Waals surface area contributed by atoms with Gasteiger partial charge in [-0.2, -0.15) is 0 Å². The third kappa shape index (κ3) is 4.45. The standard InChI is InChI=1S/C48H29NO2S/c1-4-21-42-36(13-1)38-18-8-17-35(47(38)50-42)31-11-7-12-33(29-31)49(41-20-9-19-39-37-14-2-5-22-43(37)51-48(39)41)32-27-25-30(26-28-32)34-16-10-24-45-46(34)40-15-3-6-23-44(40)52-45/h1-29H. The van der Waals surface area contributed by atoms with E-state index < -0.39 is 0 Å². The molecule has 0 aliphatic heterocycles. The highest BCUT2D eigenvalue weighted by Crippen LogP contribution is 2.45. The highest BCUT2D eigenvalue weighted by atomic mass is 32.1. The molecule has 11 aromatic rings. The lowest BCUT2D eigenvalue weighted by Crippen LogP contribution is -2.10. The third-order valence-electron chi connectivity index (χ3n) is 10.3. The number of hydrogen-bond acceptors (Lipinski definition) is 4. The highest BCUT2D eigenvalue weighted by molar-refractivity contribution is 7.25. The van der Waals surface area contributed by atoms with Gasteiger partial charge in [-0.3, -0.25) is 0 Å². The van der Waals surface area contributed by atoms with Gasteiger partial charge in [0.15, 0.2) is 5.58 Å². The number of fused-ring (bicyclic) bond motifs is 9. The van der Waals surface area contributed by atoms with Crippen molar-refractivity contribution in [1.82, 2.24) is 0 Å². The van der Waals surface area contributed by atoms with Crippen LogP contribution in [0.1, 0.15) is 0 Å². The summed E-state index contributed by atoms with van der Waals surface area (Å²) < 4.78 is 15.7. The first-order valence-corrected chi connectivity index (χ1v) is 18.3. The second kappa shape index (κ2) is 11.5. The molecule has 0 atom stereocenters. The molecule has 0 fully saturated rings. The maximum atomic E-state index is 6.63. The summed E-state index contributed by atoms with van der Waals surface area (Å²) in [6.45, 7) is 0. The van der Waals surface area contributed by atoms with Gasteiger partial charge >= 0.3 is 0 Å². The average molecular weight is 684 g/mol. The second-order valence-electron chi connectivity index (χ2n) is 13.2. The normalized spacial score (nSPS) is 11.8. The van der Waals surface area contributed by atoms with Crippen LogP contribution in [-0.4, -0.2) is 0 Å². The van der Waals surface area contributed by atoms with Crippen molar-refractivity contribution in [3.05, 3.63) is 176 Å². The minimum Gasteiger partial charge on any atom is -0.455 e. The summed E-state index contributed by atoms with van der Waals surface area (Å²) in [5.74, 6) is 0. The van der Waals surface area contributed by atoms with E-state index in [1.807, 2.05) is 35.6 Å². The van der Waals surface area contributed by atoms with Gasteiger partial charge in [0.2, 0.25) is 0 Å². The summed E-state index contributed by atoms with van der Waals surface area (Å²) in [7, 11) is 0. The van der Waals surface area contributed by atoms with Gasteiger partial charge < -0.3 is 13.7 Å². The van der Waals surface area contributed by atoms with Crippen molar-refractivity contribution >= 4 is 92.4 Å². The Hall–Kier alpha value is -6.62. The maximum Gasteiger partial charge on any atom is 0.159 e. The fraction of sp³-hybridized carbons (Fsp3) is 0. The molecule has 3 aromatic heterocycles. The molecule has 3 heterocycles. The SMILES string of the molecule is c1cc(-c2cccc3c2oc2ccccc23)cc(N(c2ccc(-c3cccc4sc5ccccc5c34)cc2)c2cccc3c2oc2ccccc23)c1. The van der Waals surface area contributed by atoms with Gasteiger partial charge in [-0.05, 0) is 71.3 Å². The first-order valence-electron chi connectivity index (χ1n) is 17.5. The Balaban J connectivity index is 1.10. The van der Waals surface area contributed by atoms with E-state index in [0.29, 0.717) is 0 Å². The number of hydrogen-bond donors (Lipinski definition) is 0. The molecule has 0 saturated heterocycles. The quantitative estimate of drug-likeness (QED) is 0.181.